The second-order valence-corrected chi connectivity index (χ2v) is 9.98. The van der Waals surface area contributed by atoms with Crippen molar-refractivity contribution in [3.8, 4) is 17.1 Å². The van der Waals surface area contributed by atoms with Crippen molar-refractivity contribution in [2.45, 2.75) is 25.7 Å². The molecular formula is C30H23ClF2N4O4. The monoisotopic (exact) mass is 576 g/mol. The van der Waals surface area contributed by atoms with Gasteiger partial charge in [-0.15, -0.1) is 0 Å². The van der Waals surface area contributed by atoms with Gasteiger partial charge in [0, 0.05) is 28.8 Å². The summed E-state index contributed by atoms with van der Waals surface area (Å²) in [6, 6.07) is 18.7. The minimum absolute atomic E-state index is 0.0367. The summed E-state index contributed by atoms with van der Waals surface area (Å²) in [6.45, 7) is 1.06. The topological polar surface area (TPSA) is 98.5 Å². The van der Waals surface area contributed by atoms with Crippen molar-refractivity contribution in [1.82, 2.24) is 14.5 Å². The van der Waals surface area contributed by atoms with Crippen LogP contribution in [0.5, 0.6) is 5.88 Å². The van der Waals surface area contributed by atoms with E-state index in [1.807, 2.05) is 4.57 Å². The lowest BCUT2D eigenvalue weighted by atomic mass is 10.1. The van der Waals surface area contributed by atoms with Gasteiger partial charge in [0.15, 0.2) is 0 Å². The van der Waals surface area contributed by atoms with Gasteiger partial charge >= 0.3 is 5.97 Å². The second-order valence-electron chi connectivity index (χ2n) is 9.54. The first-order valence-electron chi connectivity index (χ1n) is 12.8. The van der Waals surface area contributed by atoms with Gasteiger partial charge < -0.3 is 24.5 Å². The van der Waals surface area contributed by atoms with Gasteiger partial charge in [0.2, 0.25) is 11.8 Å². The first kappa shape index (κ1) is 26.7. The van der Waals surface area contributed by atoms with Gasteiger partial charge in [-0.25, -0.2) is 23.5 Å². The molecule has 1 aliphatic rings. The largest absolute Gasteiger partial charge is 0.478 e. The molecule has 8 nitrogen and oxygen atoms in total. The van der Waals surface area contributed by atoms with E-state index in [9.17, 15) is 14.3 Å². The van der Waals surface area contributed by atoms with Crippen LogP contribution in [0, 0.1) is 11.6 Å². The zero-order chi connectivity index (χ0) is 28.5. The van der Waals surface area contributed by atoms with Crippen LogP contribution >= 0.6 is 11.6 Å². The maximum absolute atomic E-state index is 15.4. The molecule has 0 amide bonds. The van der Waals surface area contributed by atoms with E-state index in [0.29, 0.717) is 52.0 Å². The number of hydrogen-bond donors (Lipinski definition) is 2. The smallest absolute Gasteiger partial charge is 0.335 e. The molecule has 2 aromatic heterocycles. The number of fused-ring (bicyclic) bond motifs is 1. The van der Waals surface area contributed by atoms with Crippen LogP contribution in [-0.2, 0) is 17.9 Å². The summed E-state index contributed by atoms with van der Waals surface area (Å²) in [6.07, 6.45) is 0.830. The Kier molecular flexibility index (Phi) is 7.25. The van der Waals surface area contributed by atoms with Gasteiger partial charge in [-0.1, -0.05) is 29.8 Å². The maximum atomic E-state index is 15.4. The number of anilines is 2. The molecule has 2 N–H and O–H groups in total. The zero-order valence-electron chi connectivity index (χ0n) is 21.5. The fourth-order valence-electron chi connectivity index (χ4n) is 4.51. The lowest BCUT2D eigenvalue weighted by Gasteiger charge is -2.27. The first-order valence-corrected chi connectivity index (χ1v) is 13.2. The predicted molar refractivity (Wildman–Crippen MR) is 150 cm³/mol. The quantitative estimate of drug-likeness (QED) is 0.198. The lowest BCUT2D eigenvalue weighted by molar-refractivity contribution is -0.0583. The van der Waals surface area contributed by atoms with Gasteiger partial charge in [0.25, 0.3) is 0 Å². The highest BCUT2D eigenvalue weighted by Gasteiger charge is 2.23. The standard InChI is InChI=1S/C30H23ClF2N4O4/c31-20-7-4-19(22(32)14-20)16-41-28-3-1-2-24(34-28)17-5-8-25(23(33)12-17)35-30-36-26-9-6-18(29(38)39)13-27(26)37(30)15-21-10-11-40-21/h1-9,12-14,21H,10-11,15-16H2,(H,35,36)(H,38,39). The van der Waals surface area contributed by atoms with Crippen LogP contribution in [0.2, 0.25) is 5.02 Å². The van der Waals surface area contributed by atoms with E-state index in [0.717, 1.165) is 6.42 Å². The Labute approximate surface area is 238 Å². The maximum Gasteiger partial charge on any atom is 0.335 e. The highest BCUT2D eigenvalue weighted by molar-refractivity contribution is 6.30. The lowest BCUT2D eigenvalue weighted by Crippen LogP contribution is -2.31. The highest BCUT2D eigenvalue weighted by atomic mass is 35.5. The Bertz CT molecular complexity index is 1770. The van der Waals surface area contributed by atoms with Gasteiger partial charge in [0.1, 0.15) is 18.2 Å². The number of pyridine rings is 1. The van der Waals surface area contributed by atoms with Crippen LogP contribution in [0.4, 0.5) is 20.4 Å². The van der Waals surface area contributed by atoms with Crippen LogP contribution < -0.4 is 10.1 Å². The molecule has 0 saturated carbocycles. The molecule has 41 heavy (non-hydrogen) atoms. The molecule has 1 saturated heterocycles. The molecule has 6 rings (SSSR count). The molecule has 3 aromatic carbocycles. The Hall–Kier alpha value is -4.54. The van der Waals surface area contributed by atoms with Crippen molar-refractivity contribution < 1.29 is 28.2 Å². The molecule has 0 aliphatic carbocycles. The number of imidazole rings is 1. The van der Waals surface area contributed by atoms with Gasteiger partial charge in [-0.2, -0.15) is 0 Å². The van der Waals surface area contributed by atoms with Crippen molar-refractivity contribution in [1.29, 1.82) is 0 Å². The number of hydrogen-bond acceptors (Lipinski definition) is 6. The summed E-state index contributed by atoms with van der Waals surface area (Å²) < 4.78 is 42.5. The van der Waals surface area contributed by atoms with E-state index in [-0.39, 0.29) is 29.8 Å². The van der Waals surface area contributed by atoms with Crippen LogP contribution in [0.15, 0.2) is 72.8 Å². The Morgan fingerprint density at radius 3 is 2.66 bits per heavy atom. The molecule has 0 radical (unpaired) electrons. The first-order chi connectivity index (χ1) is 19.8. The summed E-state index contributed by atoms with van der Waals surface area (Å²) in [4.78, 5) is 20.6. The summed E-state index contributed by atoms with van der Waals surface area (Å²) in [5.41, 5.74) is 2.82. The SMILES string of the molecule is O=C(O)c1ccc2nc(Nc3ccc(-c4cccc(OCc5ccc(Cl)cc5F)n4)cc3F)n(CC3CCO3)c2c1. The fourth-order valence-corrected chi connectivity index (χ4v) is 4.67. The summed E-state index contributed by atoms with van der Waals surface area (Å²) in [7, 11) is 0. The van der Waals surface area contributed by atoms with E-state index in [4.69, 9.17) is 21.1 Å². The van der Waals surface area contributed by atoms with E-state index < -0.39 is 17.6 Å². The van der Waals surface area contributed by atoms with Crippen molar-refractivity contribution in [3.05, 3.63) is 101 Å². The van der Waals surface area contributed by atoms with Gasteiger partial charge in [0.05, 0.1) is 40.6 Å². The predicted octanol–water partition coefficient (Wildman–Crippen LogP) is 6.84. The van der Waals surface area contributed by atoms with Crippen molar-refractivity contribution in [3.63, 3.8) is 0 Å². The molecular weight excluding hydrogens is 554 g/mol. The summed E-state index contributed by atoms with van der Waals surface area (Å²) in [5, 5.41) is 12.8. The molecule has 5 aromatic rings. The summed E-state index contributed by atoms with van der Waals surface area (Å²) in [5.74, 6) is -1.44. The molecule has 3 heterocycles. The van der Waals surface area contributed by atoms with E-state index in [2.05, 4.69) is 15.3 Å². The number of carbonyl (C=O) groups is 1. The highest BCUT2D eigenvalue weighted by Crippen LogP contribution is 2.30. The number of benzene rings is 3. The van der Waals surface area contributed by atoms with Gasteiger partial charge in [-0.3, -0.25) is 0 Å². The molecule has 1 fully saturated rings. The van der Waals surface area contributed by atoms with E-state index >= 15 is 4.39 Å². The third-order valence-electron chi connectivity index (χ3n) is 6.80. The van der Waals surface area contributed by atoms with Crippen LogP contribution in [-0.4, -0.2) is 38.3 Å². The Balaban J connectivity index is 1.24. The summed E-state index contributed by atoms with van der Waals surface area (Å²) >= 11 is 5.80. The third kappa shape index (κ3) is 5.70. The second kappa shape index (κ2) is 11.1. The molecule has 1 aliphatic heterocycles. The van der Waals surface area contributed by atoms with E-state index in [1.165, 1.54) is 18.2 Å². The van der Waals surface area contributed by atoms with Crippen molar-refractivity contribution in [2.75, 3.05) is 11.9 Å². The molecule has 0 spiro atoms. The number of nitrogens with zero attached hydrogens (tertiary/aromatic N) is 3. The van der Waals surface area contributed by atoms with Crippen LogP contribution in [0.25, 0.3) is 22.3 Å². The average molecular weight is 577 g/mol. The Morgan fingerprint density at radius 1 is 1.07 bits per heavy atom. The fraction of sp³-hybridized carbons (Fsp3) is 0.167. The molecule has 1 unspecified atom stereocenters. The van der Waals surface area contributed by atoms with E-state index in [1.54, 1.807) is 54.6 Å². The van der Waals surface area contributed by atoms with Gasteiger partial charge in [-0.05, 0) is 55.0 Å². The number of rotatable bonds is 9. The average Bonchev–Trinajstić information content (AvgIpc) is 3.27. The number of carboxylic acids is 1. The number of carboxylic acid groups (broad SMARTS) is 1. The number of nitrogens with one attached hydrogen (secondary N) is 1. The minimum atomic E-state index is -1.05. The van der Waals surface area contributed by atoms with Crippen molar-refractivity contribution >= 4 is 40.2 Å². The molecule has 208 valence electrons. The zero-order valence-corrected chi connectivity index (χ0v) is 22.2. The van der Waals surface area contributed by atoms with Crippen LogP contribution in [0.1, 0.15) is 22.3 Å². The van der Waals surface area contributed by atoms with Crippen LogP contribution in [0.3, 0.4) is 0 Å². The molecule has 1 atom stereocenters. The number of halogens is 3. The minimum Gasteiger partial charge on any atom is -0.478 e. The number of ether oxygens (including phenoxy) is 2. The number of aromatic carboxylic acids is 1. The molecule has 11 heteroatoms. The van der Waals surface area contributed by atoms with Crippen molar-refractivity contribution in [2.24, 2.45) is 0 Å². The molecule has 0 bridgehead atoms. The Morgan fingerprint density at radius 2 is 1.93 bits per heavy atom. The third-order valence-corrected chi connectivity index (χ3v) is 7.04. The number of aromatic nitrogens is 3. The normalized spacial score (nSPS) is 14.6.